The van der Waals surface area contributed by atoms with Crippen LogP contribution in [-0.2, 0) is 11.3 Å². The molecule has 0 atom stereocenters. The highest BCUT2D eigenvalue weighted by molar-refractivity contribution is 6.31. The Morgan fingerprint density at radius 3 is 2.55 bits per heavy atom. The molecular weight excluding hydrogens is 410 g/mol. The third-order valence-electron chi connectivity index (χ3n) is 5.94. The Morgan fingerprint density at radius 1 is 1.06 bits per heavy atom. The van der Waals surface area contributed by atoms with Crippen LogP contribution in [-0.4, -0.2) is 71.3 Å². The average molecular weight is 440 g/mol. The van der Waals surface area contributed by atoms with Crippen LogP contribution in [0.25, 0.3) is 22.2 Å². The van der Waals surface area contributed by atoms with Crippen LogP contribution in [0.2, 0.25) is 5.02 Å². The molecule has 2 heterocycles. The number of piperazine rings is 1. The SMILES string of the molecule is CCN1CCN(CCCNC(=O)Cn2nc(-c3ccccc3)c3cc(Cl)ccc32)CC1. The fourth-order valence-electron chi connectivity index (χ4n) is 4.13. The first-order valence-corrected chi connectivity index (χ1v) is 11.4. The highest BCUT2D eigenvalue weighted by Crippen LogP contribution is 2.30. The van der Waals surface area contributed by atoms with Crippen LogP contribution in [0.5, 0.6) is 0 Å². The zero-order chi connectivity index (χ0) is 21.6. The molecule has 1 N–H and O–H groups in total. The number of nitrogens with one attached hydrogen (secondary N) is 1. The van der Waals surface area contributed by atoms with E-state index in [1.807, 2.05) is 48.5 Å². The van der Waals surface area contributed by atoms with Gasteiger partial charge in [0.1, 0.15) is 12.2 Å². The number of amides is 1. The van der Waals surface area contributed by atoms with Gasteiger partial charge in [-0.15, -0.1) is 0 Å². The number of hydrogen-bond acceptors (Lipinski definition) is 4. The van der Waals surface area contributed by atoms with Gasteiger partial charge in [0.2, 0.25) is 5.91 Å². The summed E-state index contributed by atoms with van der Waals surface area (Å²) in [6.07, 6.45) is 0.961. The van der Waals surface area contributed by atoms with E-state index in [0.29, 0.717) is 11.6 Å². The van der Waals surface area contributed by atoms with E-state index >= 15 is 0 Å². The molecular formula is C24H30ClN5O. The third kappa shape index (κ3) is 5.45. The lowest BCUT2D eigenvalue weighted by Crippen LogP contribution is -2.46. The predicted octanol–water partition coefficient (Wildman–Crippen LogP) is 3.50. The molecule has 1 fully saturated rings. The van der Waals surface area contributed by atoms with Gasteiger partial charge in [-0.25, -0.2) is 0 Å². The van der Waals surface area contributed by atoms with E-state index in [9.17, 15) is 4.79 Å². The number of aromatic nitrogens is 2. The number of likely N-dealkylation sites (N-methyl/N-ethyl adjacent to an activating group) is 1. The smallest absolute Gasteiger partial charge is 0.241 e. The minimum atomic E-state index is -0.0187. The van der Waals surface area contributed by atoms with Gasteiger partial charge in [-0.3, -0.25) is 9.48 Å². The van der Waals surface area contributed by atoms with Crippen molar-refractivity contribution in [3.8, 4) is 11.3 Å². The van der Waals surface area contributed by atoms with E-state index in [0.717, 1.165) is 67.8 Å². The second-order valence-corrected chi connectivity index (χ2v) is 8.45. The fraction of sp³-hybridized carbons (Fsp3) is 0.417. The van der Waals surface area contributed by atoms with Crippen molar-refractivity contribution in [3.63, 3.8) is 0 Å². The summed E-state index contributed by atoms with van der Waals surface area (Å²) in [5, 5.41) is 9.41. The maximum Gasteiger partial charge on any atom is 0.241 e. The molecule has 2 aromatic carbocycles. The van der Waals surface area contributed by atoms with Crippen molar-refractivity contribution in [2.75, 3.05) is 45.8 Å². The predicted molar refractivity (Wildman–Crippen MR) is 126 cm³/mol. The average Bonchev–Trinajstić information content (AvgIpc) is 3.15. The number of hydrogen-bond donors (Lipinski definition) is 1. The molecule has 0 spiro atoms. The number of carbonyl (C=O) groups excluding carboxylic acids is 1. The Kier molecular flexibility index (Phi) is 7.22. The van der Waals surface area contributed by atoms with Gasteiger partial charge in [-0.2, -0.15) is 5.10 Å². The largest absolute Gasteiger partial charge is 0.354 e. The summed E-state index contributed by atoms with van der Waals surface area (Å²) in [6, 6.07) is 15.7. The van der Waals surface area contributed by atoms with E-state index in [2.05, 4.69) is 22.0 Å². The van der Waals surface area contributed by atoms with Crippen molar-refractivity contribution in [3.05, 3.63) is 53.6 Å². The fourth-order valence-corrected chi connectivity index (χ4v) is 4.30. The first-order valence-electron chi connectivity index (χ1n) is 11.1. The zero-order valence-electron chi connectivity index (χ0n) is 18.1. The molecule has 31 heavy (non-hydrogen) atoms. The quantitative estimate of drug-likeness (QED) is 0.546. The monoisotopic (exact) mass is 439 g/mol. The second kappa shape index (κ2) is 10.3. The van der Waals surface area contributed by atoms with Gasteiger partial charge in [-0.05, 0) is 37.7 Å². The van der Waals surface area contributed by atoms with E-state index in [1.54, 1.807) is 4.68 Å². The Labute approximate surface area is 188 Å². The highest BCUT2D eigenvalue weighted by atomic mass is 35.5. The summed E-state index contributed by atoms with van der Waals surface area (Å²) in [5.41, 5.74) is 2.77. The van der Waals surface area contributed by atoms with Crippen LogP contribution in [0, 0.1) is 0 Å². The maximum atomic E-state index is 12.6. The van der Waals surface area contributed by atoms with Gasteiger partial charge in [0.15, 0.2) is 0 Å². The molecule has 1 amide bonds. The summed E-state index contributed by atoms with van der Waals surface area (Å²) < 4.78 is 1.77. The number of rotatable bonds is 8. The molecule has 4 rings (SSSR count). The molecule has 1 aliphatic rings. The number of halogens is 1. The number of benzene rings is 2. The number of fused-ring (bicyclic) bond motifs is 1. The first kappa shape index (κ1) is 21.8. The molecule has 0 aliphatic carbocycles. The number of carbonyl (C=O) groups is 1. The standard InChI is InChI=1S/C24H30ClN5O/c1-2-28-13-15-29(16-14-28)12-6-11-26-23(31)18-30-22-10-9-20(25)17-21(22)24(27-30)19-7-4-3-5-8-19/h3-5,7-10,17H,2,6,11-16,18H2,1H3,(H,26,31). The summed E-state index contributed by atoms with van der Waals surface area (Å²) in [4.78, 5) is 17.5. The van der Waals surface area contributed by atoms with Crippen LogP contribution in [0.4, 0.5) is 0 Å². The molecule has 3 aromatic rings. The van der Waals surface area contributed by atoms with E-state index in [-0.39, 0.29) is 12.5 Å². The lowest BCUT2D eigenvalue weighted by Gasteiger charge is -2.33. The van der Waals surface area contributed by atoms with Crippen molar-refractivity contribution in [2.45, 2.75) is 19.9 Å². The Morgan fingerprint density at radius 2 is 1.81 bits per heavy atom. The summed E-state index contributed by atoms with van der Waals surface area (Å²) in [6.45, 7) is 9.77. The minimum Gasteiger partial charge on any atom is -0.354 e. The van der Waals surface area contributed by atoms with Crippen molar-refractivity contribution < 1.29 is 4.79 Å². The Balaban J connectivity index is 1.35. The Bertz CT molecular complexity index is 1010. The highest BCUT2D eigenvalue weighted by Gasteiger charge is 2.16. The third-order valence-corrected chi connectivity index (χ3v) is 6.17. The summed E-state index contributed by atoms with van der Waals surface area (Å²) in [7, 11) is 0. The van der Waals surface area contributed by atoms with Gasteiger partial charge in [0.05, 0.1) is 5.52 Å². The van der Waals surface area contributed by atoms with Crippen molar-refractivity contribution >= 4 is 28.4 Å². The molecule has 0 bridgehead atoms. The molecule has 1 aliphatic heterocycles. The van der Waals surface area contributed by atoms with Crippen molar-refractivity contribution in [2.24, 2.45) is 0 Å². The molecule has 0 saturated carbocycles. The van der Waals surface area contributed by atoms with Crippen LogP contribution < -0.4 is 5.32 Å². The molecule has 164 valence electrons. The van der Waals surface area contributed by atoms with Gasteiger partial charge >= 0.3 is 0 Å². The van der Waals surface area contributed by atoms with Crippen molar-refractivity contribution in [1.82, 2.24) is 24.9 Å². The van der Waals surface area contributed by atoms with Gasteiger partial charge in [0, 0.05) is 48.7 Å². The molecule has 7 heteroatoms. The van der Waals surface area contributed by atoms with Crippen LogP contribution >= 0.6 is 11.6 Å². The van der Waals surface area contributed by atoms with Crippen LogP contribution in [0.1, 0.15) is 13.3 Å². The molecule has 1 saturated heterocycles. The lowest BCUT2D eigenvalue weighted by molar-refractivity contribution is -0.121. The molecule has 1 aromatic heterocycles. The molecule has 0 unspecified atom stereocenters. The maximum absolute atomic E-state index is 12.6. The van der Waals surface area contributed by atoms with Gasteiger partial charge in [-0.1, -0.05) is 48.9 Å². The van der Waals surface area contributed by atoms with Crippen LogP contribution in [0.3, 0.4) is 0 Å². The normalized spacial score (nSPS) is 15.4. The molecule has 6 nitrogen and oxygen atoms in total. The summed E-state index contributed by atoms with van der Waals surface area (Å²) in [5.74, 6) is -0.0187. The minimum absolute atomic E-state index is 0.0187. The van der Waals surface area contributed by atoms with E-state index in [4.69, 9.17) is 16.7 Å². The number of nitrogens with zero attached hydrogens (tertiary/aromatic N) is 4. The van der Waals surface area contributed by atoms with Gasteiger partial charge in [0.25, 0.3) is 0 Å². The van der Waals surface area contributed by atoms with E-state index < -0.39 is 0 Å². The Hall–Kier alpha value is -2.41. The van der Waals surface area contributed by atoms with Gasteiger partial charge < -0.3 is 15.1 Å². The first-order chi connectivity index (χ1) is 15.1. The summed E-state index contributed by atoms with van der Waals surface area (Å²) >= 11 is 6.23. The lowest BCUT2D eigenvalue weighted by atomic mass is 10.1. The second-order valence-electron chi connectivity index (χ2n) is 8.01. The zero-order valence-corrected chi connectivity index (χ0v) is 18.8. The van der Waals surface area contributed by atoms with Crippen molar-refractivity contribution in [1.29, 1.82) is 0 Å². The van der Waals surface area contributed by atoms with Crippen LogP contribution in [0.15, 0.2) is 48.5 Å². The topological polar surface area (TPSA) is 53.4 Å². The molecule has 0 radical (unpaired) electrons. The van der Waals surface area contributed by atoms with E-state index in [1.165, 1.54) is 0 Å².